The lowest BCUT2D eigenvalue weighted by molar-refractivity contribution is -0.138. The summed E-state index contributed by atoms with van der Waals surface area (Å²) in [5.74, 6) is -0.932. The number of benzene rings is 1. The zero-order valence-corrected chi connectivity index (χ0v) is 9.80. The van der Waals surface area contributed by atoms with Gasteiger partial charge < -0.3 is 4.74 Å². The number of rotatable bonds is 4. The molecule has 0 saturated heterocycles. The number of carbonyl (C=O) groups excluding carboxylic acids is 2. The minimum atomic E-state index is -4.79. The second-order valence-electron chi connectivity index (χ2n) is 3.50. The van der Waals surface area contributed by atoms with Gasteiger partial charge in [0.2, 0.25) is 0 Å². The van der Waals surface area contributed by atoms with Gasteiger partial charge in [-0.3, -0.25) is 9.59 Å². The van der Waals surface area contributed by atoms with E-state index in [1.807, 2.05) is 0 Å². The van der Waals surface area contributed by atoms with Gasteiger partial charge in [0.05, 0.1) is 17.7 Å². The lowest BCUT2D eigenvalue weighted by Gasteiger charge is -2.16. The molecule has 0 saturated carbocycles. The van der Waals surface area contributed by atoms with Gasteiger partial charge in [-0.1, -0.05) is 0 Å². The molecule has 0 amide bonds. The Hall–Kier alpha value is -1.85. The highest BCUT2D eigenvalue weighted by Gasteiger charge is 2.38. The van der Waals surface area contributed by atoms with E-state index in [0.717, 1.165) is 13.0 Å². The molecule has 0 radical (unpaired) electrons. The molecule has 0 aliphatic heterocycles. The van der Waals surface area contributed by atoms with Crippen LogP contribution in [0.3, 0.4) is 0 Å². The molecule has 1 aromatic carbocycles. The Morgan fingerprint density at radius 3 is 2.39 bits per heavy atom. The fraction of sp³-hybridized carbons (Fsp3) is 0.333. The Kier molecular flexibility index (Phi) is 4.11. The Morgan fingerprint density at radius 1 is 1.39 bits per heavy atom. The van der Waals surface area contributed by atoms with E-state index in [-0.39, 0.29) is 18.6 Å². The molecule has 0 aliphatic carbocycles. The molecule has 0 aromatic heterocycles. The first-order valence-electron chi connectivity index (χ1n) is 5.16. The average molecular weight is 260 g/mol. The maximum atomic E-state index is 12.9. The Morgan fingerprint density at radius 2 is 2.00 bits per heavy atom. The maximum Gasteiger partial charge on any atom is 0.417 e. The smallest absolute Gasteiger partial charge is 0.417 e. The van der Waals surface area contributed by atoms with Crippen LogP contribution in [0.15, 0.2) is 12.1 Å². The van der Waals surface area contributed by atoms with Gasteiger partial charge in [0.25, 0.3) is 0 Å². The molecule has 0 fully saturated rings. The Labute approximate surface area is 102 Å². The SMILES string of the molecule is CCOc1ccc(C(C)=O)c(C(F)(F)F)c1C=O. The lowest BCUT2D eigenvalue weighted by atomic mass is 9.97. The molecule has 3 nitrogen and oxygen atoms in total. The molecular weight excluding hydrogens is 249 g/mol. The second-order valence-corrected chi connectivity index (χ2v) is 3.50. The summed E-state index contributed by atoms with van der Waals surface area (Å²) < 4.78 is 43.7. The van der Waals surface area contributed by atoms with Crippen LogP contribution in [0.2, 0.25) is 0 Å². The van der Waals surface area contributed by atoms with Crippen molar-refractivity contribution in [3.63, 3.8) is 0 Å². The number of ketones is 1. The van der Waals surface area contributed by atoms with Crippen LogP contribution in [0, 0.1) is 0 Å². The third-order valence-corrected chi connectivity index (χ3v) is 2.29. The van der Waals surface area contributed by atoms with Gasteiger partial charge in [-0.05, 0) is 26.0 Å². The number of hydrogen-bond acceptors (Lipinski definition) is 3. The molecule has 18 heavy (non-hydrogen) atoms. The summed E-state index contributed by atoms with van der Waals surface area (Å²) in [6, 6.07) is 2.21. The topological polar surface area (TPSA) is 43.4 Å². The second kappa shape index (κ2) is 5.20. The number of Topliss-reactive ketones (excluding diaryl/α,β-unsaturated/α-hetero) is 1. The van der Waals surface area contributed by atoms with Crippen LogP contribution in [-0.4, -0.2) is 18.7 Å². The summed E-state index contributed by atoms with van der Waals surface area (Å²) in [6.07, 6.45) is -4.73. The van der Waals surface area contributed by atoms with E-state index in [0.29, 0.717) is 0 Å². The molecule has 1 rings (SSSR count). The van der Waals surface area contributed by atoms with Gasteiger partial charge in [-0.2, -0.15) is 13.2 Å². The zero-order valence-electron chi connectivity index (χ0n) is 9.80. The standard InChI is InChI=1S/C12H11F3O3/c1-3-18-10-5-4-8(7(2)17)11(9(10)6-16)12(13,14)15/h4-6H,3H2,1-2H3. The number of aldehydes is 1. The van der Waals surface area contributed by atoms with Crippen molar-refractivity contribution in [2.75, 3.05) is 6.61 Å². The third-order valence-electron chi connectivity index (χ3n) is 2.29. The van der Waals surface area contributed by atoms with Gasteiger partial charge in [-0.25, -0.2) is 0 Å². The molecule has 1 aromatic rings. The minimum absolute atomic E-state index is 0.0558. The number of ether oxygens (including phenoxy) is 1. The zero-order chi connectivity index (χ0) is 13.9. The highest BCUT2D eigenvalue weighted by atomic mass is 19.4. The number of hydrogen-bond donors (Lipinski definition) is 0. The van der Waals surface area contributed by atoms with Crippen molar-refractivity contribution in [1.82, 2.24) is 0 Å². The highest BCUT2D eigenvalue weighted by Crippen LogP contribution is 2.38. The van der Waals surface area contributed by atoms with E-state index in [1.54, 1.807) is 6.92 Å². The average Bonchev–Trinajstić information content (AvgIpc) is 2.27. The molecule has 98 valence electrons. The van der Waals surface area contributed by atoms with Crippen molar-refractivity contribution in [1.29, 1.82) is 0 Å². The fourth-order valence-electron chi connectivity index (χ4n) is 1.60. The number of carbonyl (C=O) groups is 2. The summed E-state index contributed by atoms with van der Waals surface area (Å²) in [5.41, 5.74) is -2.42. The van der Waals surface area contributed by atoms with Crippen molar-refractivity contribution < 1.29 is 27.5 Å². The summed E-state index contributed by atoms with van der Waals surface area (Å²) in [6.45, 7) is 2.72. The first-order chi connectivity index (χ1) is 8.32. The van der Waals surface area contributed by atoms with E-state index in [1.165, 1.54) is 6.07 Å². The largest absolute Gasteiger partial charge is 0.493 e. The maximum absolute atomic E-state index is 12.9. The quantitative estimate of drug-likeness (QED) is 0.617. The van der Waals surface area contributed by atoms with Crippen LogP contribution in [0.4, 0.5) is 13.2 Å². The van der Waals surface area contributed by atoms with Gasteiger partial charge >= 0.3 is 6.18 Å². The summed E-state index contributed by atoms with van der Waals surface area (Å²) in [4.78, 5) is 22.0. The van der Waals surface area contributed by atoms with Crippen LogP contribution < -0.4 is 4.74 Å². The van der Waals surface area contributed by atoms with Crippen molar-refractivity contribution in [2.24, 2.45) is 0 Å². The van der Waals surface area contributed by atoms with Gasteiger partial charge in [0.15, 0.2) is 12.1 Å². The Balaban J connectivity index is 3.61. The first-order valence-corrected chi connectivity index (χ1v) is 5.16. The van der Waals surface area contributed by atoms with Crippen LogP contribution in [0.25, 0.3) is 0 Å². The fourth-order valence-corrected chi connectivity index (χ4v) is 1.60. The van der Waals surface area contributed by atoms with E-state index in [2.05, 4.69) is 0 Å². The van der Waals surface area contributed by atoms with Gasteiger partial charge in [0.1, 0.15) is 5.75 Å². The molecule has 6 heteroatoms. The van der Waals surface area contributed by atoms with E-state index in [4.69, 9.17) is 4.74 Å². The molecule has 0 unspecified atom stereocenters. The molecule has 0 heterocycles. The summed E-state index contributed by atoms with van der Waals surface area (Å²) in [7, 11) is 0. The molecule has 0 spiro atoms. The van der Waals surface area contributed by atoms with E-state index in [9.17, 15) is 22.8 Å². The Bertz CT molecular complexity index is 478. The molecular formula is C12H11F3O3. The van der Waals surface area contributed by atoms with Crippen molar-refractivity contribution in [3.8, 4) is 5.75 Å². The highest BCUT2D eigenvalue weighted by molar-refractivity contribution is 5.99. The first kappa shape index (κ1) is 14.2. The van der Waals surface area contributed by atoms with E-state index >= 15 is 0 Å². The van der Waals surface area contributed by atoms with Gasteiger partial charge in [-0.15, -0.1) is 0 Å². The number of halogens is 3. The van der Waals surface area contributed by atoms with Crippen LogP contribution >= 0.6 is 0 Å². The van der Waals surface area contributed by atoms with Crippen molar-refractivity contribution in [3.05, 3.63) is 28.8 Å². The molecule has 0 bridgehead atoms. The van der Waals surface area contributed by atoms with E-state index < -0.39 is 28.6 Å². The van der Waals surface area contributed by atoms with Crippen molar-refractivity contribution in [2.45, 2.75) is 20.0 Å². The van der Waals surface area contributed by atoms with Gasteiger partial charge in [0, 0.05) is 5.56 Å². The lowest BCUT2D eigenvalue weighted by Crippen LogP contribution is -2.16. The monoisotopic (exact) mass is 260 g/mol. The minimum Gasteiger partial charge on any atom is -0.493 e. The van der Waals surface area contributed by atoms with Crippen LogP contribution in [-0.2, 0) is 6.18 Å². The predicted molar refractivity (Wildman–Crippen MR) is 58.0 cm³/mol. The van der Waals surface area contributed by atoms with Crippen LogP contribution in [0.1, 0.15) is 40.1 Å². The van der Waals surface area contributed by atoms with Crippen molar-refractivity contribution >= 4 is 12.1 Å². The van der Waals surface area contributed by atoms with Crippen LogP contribution in [0.5, 0.6) is 5.75 Å². The molecule has 0 aliphatic rings. The normalized spacial score (nSPS) is 11.2. The molecule has 0 atom stereocenters. The third kappa shape index (κ3) is 2.69. The number of alkyl halides is 3. The predicted octanol–water partition coefficient (Wildman–Crippen LogP) is 3.12. The molecule has 0 N–H and O–H groups in total. The summed E-state index contributed by atoms with van der Waals surface area (Å²) >= 11 is 0. The summed E-state index contributed by atoms with van der Waals surface area (Å²) in [5, 5.41) is 0.